The van der Waals surface area contributed by atoms with Crippen LogP contribution in [0.4, 0.5) is 0 Å². The minimum atomic E-state index is 0.269. The van der Waals surface area contributed by atoms with E-state index in [4.69, 9.17) is 0 Å². The van der Waals surface area contributed by atoms with Gasteiger partial charge >= 0.3 is 0 Å². The van der Waals surface area contributed by atoms with Crippen molar-refractivity contribution in [3.05, 3.63) is 0 Å². The van der Waals surface area contributed by atoms with Gasteiger partial charge in [0.2, 0.25) is 0 Å². The minimum absolute atomic E-state index is 0.269. The van der Waals surface area contributed by atoms with Crippen molar-refractivity contribution in [1.29, 1.82) is 0 Å². The molecule has 0 saturated heterocycles. The maximum absolute atomic E-state index is 3.48. The molecule has 0 aliphatic carbocycles. The number of nitrogens with one attached hydrogen (secondary N) is 1. The Labute approximate surface area is 71.6 Å². The SMILES string of the molecule is CC(C)(C)CCNC(C)(C)C. The molecule has 0 bridgehead atoms. The van der Waals surface area contributed by atoms with Gasteiger partial charge in [-0.2, -0.15) is 0 Å². The summed E-state index contributed by atoms with van der Waals surface area (Å²) in [6.45, 7) is 14.6. The second-order valence-corrected chi connectivity index (χ2v) is 5.49. The lowest BCUT2D eigenvalue weighted by atomic mass is 9.92. The lowest BCUT2D eigenvalue weighted by Gasteiger charge is -2.24. The minimum Gasteiger partial charge on any atom is -0.312 e. The molecule has 0 saturated carbocycles. The lowest BCUT2D eigenvalue weighted by Crippen LogP contribution is -2.37. The van der Waals surface area contributed by atoms with E-state index in [1.165, 1.54) is 6.42 Å². The van der Waals surface area contributed by atoms with E-state index in [-0.39, 0.29) is 5.54 Å². The summed E-state index contributed by atoms with van der Waals surface area (Å²) in [5.41, 5.74) is 0.726. The van der Waals surface area contributed by atoms with Crippen LogP contribution in [0.1, 0.15) is 48.0 Å². The van der Waals surface area contributed by atoms with Crippen molar-refractivity contribution >= 4 is 0 Å². The van der Waals surface area contributed by atoms with Crippen LogP contribution >= 0.6 is 0 Å². The summed E-state index contributed by atoms with van der Waals surface area (Å²) in [4.78, 5) is 0. The molecule has 68 valence electrons. The third-order valence-corrected chi connectivity index (χ3v) is 1.53. The summed E-state index contributed by atoms with van der Waals surface area (Å²) in [5.74, 6) is 0. The molecule has 0 spiro atoms. The molecular weight excluding hydrogens is 134 g/mol. The van der Waals surface area contributed by atoms with Gasteiger partial charge in [-0.3, -0.25) is 0 Å². The summed E-state index contributed by atoms with van der Waals surface area (Å²) in [5, 5.41) is 3.48. The average molecular weight is 157 g/mol. The van der Waals surface area contributed by atoms with Crippen LogP contribution in [0.15, 0.2) is 0 Å². The maximum Gasteiger partial charge on any atom is 0.00965 e. The van der Waals surface area contributed by atoms with Gasteiger partial charge in [0.05, 0.1) is 0 Å². The zero-order valence-electron chi connectivity index (χ0n) is 8.91. The first kappa shape index (κ1) is 11.0. The number of rotatable bonds is 2. The summed E-state index contributed by atoms with van der Waals surface area (Å²) in [7, 11) is 0. The zero-order valence-corrected chi connectivity index (χ0v) is 8.91. The largest absolute Gasteiger partial charge is 0.312 e. The fraction of sp³-hybridized carbons (Fsp3) is 1.00. The molecule has 0 atom stereocenters. The predicted octanol–water partition coefficient (Wildman–Crippen LogP) is 2.81. The topological polar surface area (TPSA) is 12.0 Å². The zero-order chi connectivity index (χ0) is 9.12. The van der Waals surface area contributed by atoms with Crippen LogP contribution in [0.2, 0.25) is 0 Å². The van der Waals surface area contributed by atoms with Crippen molar-refractivity contribution in [2.75, 3.05) is 6.54 Å². The molecule has 11 heavy (non-hydrogen) atoms. The van der Waals surface area contributed by atoms with Crippen molar-refractivity contribution in [2.24, 2.45) is 5.41 Å². The number of hydrogen-bond donors (Lipinski definition) is 1. The molecule has 0 aliphatic rings. The molecule has 1 nitrogen and oxygen atoms in total. The Bertz CT molecular complexity index is 89.0. The van der Waals surface area contributed by atoms with Crippen LogP contribution in [0, 0.1) is 5.41 Å². The van der Waals surface area contributed by atoms with Crippen molar-refractivity contribution in [3.63, 3.8) is 0 Å². The average Bonchev–Trinajstić information content (AvgIpc) is 1.55. The first-order chi connectivity index (χ1) is 4.71. The third-order valence-electron chi connectivity index (χ3n) is 1.53. The van der Waals surface area contributed by atoms with Crippen LogP contribution in [0.5, 0.6) is 0 Å². The second kappa shape index (κ2) is 3.57. The van der Waals surface area contributed by atoms with Crippen LogP contribution in [0.3, 0.4) is 0 Å². The van der Waals surface area contributed by atoms with Crippen LogP contribution in [-0.4, -0.2) is 12.1 Å². The predicted molar refractivity (Wildman–Crippen MR) is 51.8 cm³/mol. The molecule has 0 heterocycles. The monoisotopic (exact) mass is 157 g/mol. The van der Waals surface area contributed by atoms with Gasteiger partial charge in [-0.05, 0) is 39.2 Å². The summed E-state index contributed by atoms with van der Waals surface area (Å²) in [6.07, 6.45) is 1.24. The van der Waals surface area contributed by atoms with Gasteiger partial charge in [-0.25, -0.2) is 0 Å². The summed E-state index contributed by atoms with van der Waals surface area (Å²) in [6, 6.07) is 0. The summed E-state index contributed by atoms with van der Waals surface area (Å²) < 4.78 is 0. The van der Waals surface area contributed by atoms with Gasteiger partial charge in [0.1, 0.15) is 0 Å². The molecule has 0 aromatic heterocycles. The molecule has 0 aromatic rings. The molecule has 0 radical (unpaired) electrons. The Kier molecular flexibility index (Phi) is 3.56. The fourth-order valence-corrected chi connectivity index (χ4v) is 0.812. The first-order valence-corrected chi connectivity index (χ1v) is 4.46. The van der Waals surface area contributed by atoms with E-state index in [1.807, 2.05) is 0 Å². The molecule has 0 unspecified atom stereocenters. The quantitative estimate of drug-likeness (QED) is 0.650. The number of hydrogen-bond acceptors (Lipinski definition) is 1. The molecule has 0 aromatic carbocycles. The lowest BCUT2D eigenvalue weighted by molar-refractivity contribution is 0.331. The molecule has 0 rings (SSSR count). The van der Waals surface area contributed by atoms with Gasteiger partial charge < -0.3 is 5.32 Å². The first-order valence-electron chi connectivity index (χ1n) is 4.46. The van der Waals surface area contributed by atoms with E-state index in [2.05, 4.69) is 46.9 Å². The van der Waals surface area contributed by atoms with Gasteiger partial charge in [-0.1, -0.05) is 20.8 Å². The molecule has 1 heteroatoms. The van der Waals surface area contributed by atoms with E-state index >= 15 is 0 Å². The van der Waals surface area contributed by atoms with E-state index in [0.29, 0.717) is 5.41 Å². The fourth-order valence-electron chi connectivity index (χ4n) is 0.812. The highest BCUT2D eigenvalue weighted by atomic mass is 14.9. The molecule has 0 amide bonds. The molecular formula is C10H23N. The summed E-state index contributed by atoms with van der Waals surface area (Å²) >= 11 is 0. The van der Waals surface area contributed by atoms with Crippen molar-refractivity contribution in [3.8, 4) is 0 Å². The standard InChI is InChI=1S/C10H23N/c1-9(2,3)7-8-11-10(4,5)6/h11H,7-8H2,1-6H3. The van der Waals surface area contributed by atoms with Crippen LogP contribution in [-0.2, 0) is 0 Å². The maximum atomic E-state index is 3.48. The second-order valence-electron chi connectivity index (χ2n) is 5.49. The van der Waals surface area contributed by atoms with E-state index in [1.54, 1.807) is 0 Å². The Hall–Kier alpha value is -0.0400. The molecule has 1 N–H and O–H groups in total. The van der Waals surface area contributed by atoms with Crippen LogP contribution < -0.4 is 5.32 Å². The Balaban J connectivity index is 3.44. The highest BCUT2D eigenvalue weighted by Gasteiger charge is 2.12. The van der Waals surface area contributed by atoms with Crippen molar-refractivity contribution in [1.82, 2.24) is 5.32 Å². The highest BCUT2D eigenvalue weighted by molar-refractivity contribution is 4.72. The van der Waals surface area contributed by atoms with Gasteiger partial charge in [-0.15, -0.1) is 0 Å². The highest BCUT2D eigenvalue weighted by Crippen LogP contribution is 2.17. The third kappa shape index (κ3) is 9.96. The van der Waals surface area contributed by atoms with Crippen LogP contribution in [0.25, 0.3) is 0 Å². The van der Waals surface area contributed by atoms with Gasteiger partial charge in [0.25, 0.3) is 0 Å². The molecule has 0 fully saturated rings. The van der Waals surface area contributed by atoms with Gasteiger partial charge in [0, 0.05) is 5.54 Å². The Morgan fingerprint density at radius 3 is 1.64 bits per heavy atom. The Morgan fingerprint density at radius 2 is 1.36 bits per heavy atom. The normalized spacial score (nSPS) is 13.6. The van der Waals surface area contributed by atoms with E-state index in [0.717, 1.165) is 6.54 Å². The van der Waals surface area contributed by atoms with Crippen molar-refractivity contribution in [2.45, 2.75) is 53.5 Å². The Morgan fingerprint density at radius 1 is 0.909 bits per heavy atom. The smallest absolute Gasteiger partial charge is 0.00965 e. The van der Waals surface area contributed by atoms with E-state index < -0.39 is 0 Å². The van der Waals surface area contributed by atoms with Gasteiger partial charge in [0.15, 0.2) is 0 Å². The van der Waals surface area contributed by atoms with Crippen molar-refractivity contribution < 1.29 is 0 Å². The molecule has 0 aliphatic heterocycles. The van der Waals surface area contributed by atoms with E-state index in [9.17, 15) is 0 Å².